The van der Waals surface area contributed by atoms with E-state index in [1.54, 1.807) is 30.0 Å². The Kier molecular flexibility index (Phi) is 10.1. The molecule has 1 aliphatic carbocycles. The zero-order valence-electron chi connectivity index (χ0n) is 23.8. The van der Waals surface area contributed by atoms with Crippen LogP contribution >= 0.6 is 11.6 Å². The van der Waals surface area contributed by atoms with Crippen molar-refractivity contribution < 1.29 is 18.0 Å². The van der Waals surface area contributed by atoms with Gasteiger partial charge in [0.1, 0.15) is 12.6 Å². The van der Waals surface area contributed by atoms with Crippen LogP contribution in [0.25, 0.3) is 0 Å². The quantitative estimate of drug-likeness (QED) is 0.321. The standard InChI is InChI=1S/C32H38ClN3O4S/c1-23-11-7-8-14-26(23)21-35(31(37)22-36(41(3,39)40)29-18-17-27(33)19-24(29)2)30(20-25-12-5-4-6-13-25)32(38)34-28-15-9-10-16-28/h4-8,11-14,17-19,28,30H,9-10,15-16,20-22H2,1-3H3,(H,34,38). The highest BCUT2D eigenvalue weighted by Gasteiger charge is 2.34. The molecule has 0 spiro atoms. The first-order valence-corrected chi connectivity index (χ1v) is 16.2. The van der Waals surface area contributed by atoms with E-state index in [0.717, 1.165) is 52.9 Å². The van der Waals surface area contributed by atoms with Gasteiger partial charge in [0, 0.05) is 24.0 Å². The van der Waals surface area contributed by atoms with Crippen LogP contribution in [0.1, 0.15) is 47.9 Å². The second-order valence-electron chi connectivity index (χ2n) is 10.8. The number of sulfonamides is 1. The molecule has 2 amide bonds. The molecule has 1 N–H and O–H groups in total. The lowest BCUT2D eigenvalue weighted by Gasteiger charge is -2.34. The number of benzene rings is 3. The first-order valence-electron chi connectivity index (χ1n) is 13.9. The maximum atomic E-state index is 14.3. The number of aryl methyl sites for hydroxylation is 2. The number of hydrogen-bond acceptors (Lipinski definition) is 4. The Bertz CT molecular complexity index is 1470. The second kappa shape index (κ2) is 13.5. The van der Waals surface area contributed by atoms with Crippen molar-refractivity contribution in [2.45, 2.75) is 64.6 Å². The molecule has 1 atom stereocenters. The summed E-state index contributed by atoms with van der Waals surface area (Å²) in [7, 11) is -3.84. The molecule has 0 saturated heterocycles. The zero-order valence-corrected chi connectivity index (χ0v) is 25.4. The number of anilines is 1. The van der Waals surface area contributed by atoms with E-state index in [2.05, 4.69) is 5.32 Å². The summed E-state index contributed by atoms with van der Waals surface area (Å²) in [5.74, 6) is -0.688. The molecule has 7 nitrogen and oxygen atoms in total. The van der Waals surface area contributed by atoms with Crippen molar-refractivity contribution >= 4 is 39.1 Å². The third kappa shape index (κ3) is 8.11. The Labute approximate surface area is 248 Å². The van der Waals surface area contributed by atoms with E-state index >= 15 is 0 Å². The lowest BCUT2D eigenvalue weighted by molar-refractivity contribution is -0.140. The number of halogens is 1. The van der Waals surface area contributed by atoms with Crippen molar-refractivity contribution in [1.82, 2.24) is 10.2 Å². The number of hydrogen-bond donors (Lipinski definition) is 1. The summed E-state index contributed by atoms with van der Waals surface area (Å²) in [6.07, 6.45) is 5.32. The molecule has 0 heterocycles. The molecule has 3 aromatic carbocycles. The van der Waals surface area contributed by atoms with Gasteiger partial charge in [0.05, 0.1) is 11.9 Å². The summed E-state index contributed by atoms with van der Waals surface area (Å²) in [5, 5.41) is 3.66. The number of rotatable bonds is 11. The highest BCUT2D eigenvalue weighted by atomic mass is 35.5. The van der Waals surface area contributed by atoms with Gasteiger partial charge in [0.25, 0.3) is 0 Å². The monoisotopic (exact) mass is 595 g/mol. The van der Waals surface area contributed by atoms with Crippen LogP contribution in [0.2, 0.25) is 5.02 Å². The molecule has 0 radical (unpaired) electrons. The number of amides is 2. The molecule has 218 valence electrons. The smallest absolute Gasteiger partial charge is 0.244 e. The second-order valence-corrected chi connectivity index (χ2v) is 13.2. The Morgan fingerprint density at radius 1 is 0.951 bits per heavy atom. The third-order valence-corrected chi connectivity index (χ3v) is 9.04. The Hall–Kier alpha value is -3.36. The molecule has 4 rings (SSSR count). The minimum atomic E-state index is -3.84. The summed E-state index contributed by atoms with van der Waals surface area (Å²) < 4.78 is 27.1. The van der Waals surface area contributed by atoms with Crippen molar-refractivity contribution in [1.29, 1.82) is 0 Å². The Balaban J connectivity index is 1.75. The molecule has 0 aliphatic heterocycles. The Morgan fingerprint density at radius 3 is 2.24 bits per heavy atom. The van der Waals surface area contributed by atoms with E-state index in [9.17, 15) is 18.0 Å². The number of nitrogens with one attached hydrogen (secondary N) is 1. The number of nitrogens with zero attached hydrogens (tertiary/aromatic N) is 2. The van der Waals surface area contributed by atoms with E-state index in [1.807, 2.05) is 61.5 Å². The highest BCUT2D eigenvalue weighted by Crippen LogP contribution is 2.27. The minimum absolute atomic E-state index is 0.0698. The predicted octanol–water partition coefficient (Wildman–Crippen LogP) is 5.42. The lowest BCUT2D eigenvalue weighted by atomic mass is 10.0. The molecule has 1 saturated carbocycles. The van der Waals surface area contributed by atoms with Crippen LogP contribution < -0.4 is 9.62 Å². The average Bonchev–Trinajstić information content (AvgIpc) is 3.43. The molecule has 1 unspecified atom stereocenters. The van der Waals surface area contributed by atoms with Crippen molar-refractivity contribution in [3.05, 3.63) is 100 Å². The van der Waals surface area contributed by atoms with Gasteiger partial charge >= 0.3 is 0 Å². The fourth-order valence-electron chi connectivity index (χ4n) is 5.39. The van der Waals surface area contributed by atoms with E-state index in [-0.39, 0.29) is 18.5 Å². The van der Waals surface area contributed by atoms with Crippen molar-refractivity contribution in [2.75, 3.05) is 17.1 Å². The first kappa shape index (κ1) is 30.6. The van der Waals surface area contributed by atoms with E-state index < -0.39 is 28.5 Å². The fraction of sp³-hybridized carbons (Fsp3) is 0.375. The number of carbonyl (C=O) groups excluding carboxylic acids is 2. The molecule has 0 aromatic heterocycles. The van der Waals surface area contributed by atoms with Crippen LogP contribution in [-0.4, -0.2) is 50.0 Å². The Morgan fingerprint density at radius 2 is 1.61 bits per heavy atom. The van der Waals surface area contributed by atoms with Crippen LogP contribution in [0, 0.1) is 13.8 Å². The van der Waals surface area contributed by atoms with Crippen molar-refractivity contribution in [2.24, 2.45) is 0 Å². The van der Waals surface area contributed by atoms with Gasteiger partial charge in [0.2, 0.25) is 21.8 Å². The molecule has 9 heteroatoms. The predicted molar refractivity (Wildman–Crippen MR) is 164 cm³/mol. The normalized spacial score (nSPS) is 14.4. The van der Waals surface area contributed by atoms with Gasteiger partial charge in [-0.1, -0.05) is 79.0 Å². The summed E-state index contributed by atoms with van der Waals surface area (Å²) in [4.78, 5) is 29.7. The maximum Gasteiger partial charge on any atom is 0.244 e. The maximum absolute atomic E-state index is 14.3. The van der Waals surface area contributed by atoms with Crippen molar-refractivity contribution in [3.8, 4) is 0 Å². The van der Waals surface area contributed by atoms with Crippen molar-refractivity contribution in [3.63, 3.8) is 0 Å². The topological polar surface area (TPSA) is 86.8 Å². The molecule has 0 bridgehead atoms. The van der Waals surface area contributed by atoms with Crippen LogP contribution in [0.15, 0.2) is 72.8 Å². The molecule has 1 aliphatic rings. The first-order chi connectivity index (χ1) is 19.5. The lowest BCUT2D eigenvalue weighted by Crippen LogP contribution is -2.54. The number of carbonyl (C=O) groups is 2. The zero-order chi connectivity index (χ0) is 29.6. The molecule has 1 fully saturated rings. The van der Waals surface area contributed by atoms with Gasteiger partial charge in [-0.15, -0.1) is 0 Å². The van der Waals surface area contributed by atoms with Gasteiger partial charge in [0.15, 0.2) is 0 Å². The summed E-state index contributed by atoms with van der Waals surface area (Å²) >= 11 is 6.13. The van der Waals surface area contributed by atoms with Gasteiger partial charge < -0.3 is 10.2 Å². The van der Waals surface area contributed by atoms with E-state index in [0.29, 0.717) is 22.7 Å². The molecule has 3 aromatic rings. The largest absolute Gasteiger partial charge is 0.352 e. The van der Waals surface area contributed by atoms with Crippen LogP contribution in [0.3, 0.4) is 0 Å². The summed E-state index contributed by atoms with van der Waals surface area (Å²) in [6.45, 7) is 3.43. The summed E-state index contributed by atoms with van der Waals surface area (Å²) in [6, 6.07) is 21.4. The van der Waals surface area contributed by atoms with Gasteiger partial charge in [-0.2, -0.15) is 0 Å². The van der Waals surface area contributed by atoms with Gasteiger partial charge in [-0.25, -0.2) is 8.42 Å². The summed E-state index contributed by atoms with van der Waals surface area (Å²) in [5.41, 5.74) is 3.78. The molecular weight excluding hydrogens is 558 g/mol. The SMILES string of the molecule is Cc1ccccc1CN(C(=O)CN(c1ccc(Cl)cc1C)S(C)(=O)=O)C(Cc1ccccc1)C(=O)NC1CCCC1. The highest BCUT2D eigenvalue weighted by molar-refractivity contribution is 7.92. The van der Waals surface area contributed by atoms with Crippen LogP contribution in [0.4, 0.5) is 5.69 Å². The van der Waals surface area contributed by atoms with Crippen LogP contribution in [-0.2, 0) is 32.6 Å². The molecular formula is C32H38ClN3O4S. The van der Waals surface area contributed by atoms with Gasteiger partial charge in [-0.05, 0) is 67.1 Å². The third-order valence-electron chi connectivity index (χ3n) is 7.68. The fourth-order valence-corrected chi connectivity index (χ4v) is 6.52. The average molecular weight is 596 g/mol. The van der Waals surface area contributed by atoms with Gasteiger partial charge in [-0.3, -0.25) is 13.9 Å². The minimum Gasteiger partial charge on any atom is -0.352 e. The molecule has 41 heavy (non-hydrogen) atoms. The van der Waals surface area contributed by atoms with E-state index in [1.165, 1.54) is 0 Å². The van der Waals surface area contributed by atoms with Crippen LogP contribution in [0.5, 0.6) is 0 Å². The van der Waals surface area contributed by atoms with E-state index in [4.69, 9.17) is 11.6 Å².